The molecular formula is C17H18N2O3. The first-order chi connectivity index (χ1) is 10.7. The summed E-state index contributed by atoms with van der Waals surface area (Å²) in [4.78, 5) is 14.1. The molecule has 0 N–H and O–H groups in total. The van der Waals surface area contributed by atoms with Gasteiger partial charge in [0, 0.05) is 6.54 Å². The van der Waals surface area contributed by atoms with Gasteiger partial charge in [-0.15, -0.1) is 0 Å². The fourth-order valence-corrected chi connectivity index (χ4v) is 2.14. The van der Waals surface area contributed by atoms with Crippen molar-refractivity contribution in [3.8, 4) is 11.8 Å². The highest BCUT2D eigenvalue weighted by Crippen LogP contribution is 2.15. The van der Waals surface area contributed by atoms with E-state index in [0.29, 0.717) is 25.3 Å². The van der Waals surface area contributed by atoms with Gasteiger partial charge in [0.15, 0.2) is 0 Å². The van der Waals surface area contributed by atoms with Crippen LogP contribution >= 0.6 is 0 Å². The van der Waals surface area contributed by atoms with Crippen molar-refractivity contribution < 1.29 is 13.9 Å². The Balaban J connectivity index is 2.05. The summed E-state index contributed by atoms with van der Waals surface area (Å²) in [5, 5.41) is 8.75. The van der Waals surface area contributed by atoms with Gasteiger partial charge in [-0.05, 0) is 29.8 Å². The normalized spacial score (nSPS) is 10.0. The van der Waals surface area contributed by atoms with Crippen LogP contribution in [0.5, 0.6) is 5.75 Å². The number of nitrogens with zero attached hydrogens (tertiary/aromatic N) is 2. The highest BCUT2D eigenvalue weighted by Gasteiger charge is 2.15. The standard InChI is InChI=1S/C17H18N2O3/c1-21-15-6-2-5-14(11-15)12-17(20)19(9-4-8-18)13-16-7-3-10-22-16/h2-3,5-7,10-11H,4,9,12-13H2,1H3. The van der Waals surface area contributed by atoms with Crippen molar-refractivity contribution >= 4 is 5.91 Å². The van der Waals surface area contributed by atoms with Crippen molar-refractivity contribution in [1.29, 1.82) is 5.26 Å². The Morgan fingerprint density at radius 1 is 1.36 bits per heavy atom. The smallest absolute Gasteiger partial charge is 0.227 e. The summed E-state index contributed by atoms with van der Waals surface area (Å²) >= 11 is 0. The SMILES string of the molecule is COc1cccc(CC(=O)N(CCC#N)Cc2ccco2)c1. The minimum Gasteiger partial charge on any atom is -0.497 e. The lowest BCUT2D eigenvalue weighted by atomic mass is 10.1. The maximum absolute atomic E-state index is 12.5. The van der Waals surface area contributed by atoms with Crippen molar-refractivity contribution in [1.82, 2.24) is 4.90 Å². The molecule has 0 bridgehead atoms. The number of furan rings is 1. The molecule has 1 aromatic carbocycles. The van der Waals surface area contributed by atoms with Crippen molar-refractivity contribution in [2.24, 2.45) is 0 Å². The van der Waals surface area contributed by atoms with Crippen molar-refractivity contribution in [3.63, 3.8) is 0 Å². The van der Waals surface area contributed by atoms with Crippen LogP contribution in [0.25, 0.3) is 0 Å². The quantitative estimate of drug-likeness (QED) is 0.788. The second-order valence-corrected chi connectivity index (χ2v) is 4.83. The fourth-order valence-electron chi connectivity index (χ4n) is 2.14. The molecule has 0 aliphatic rings. The van der Waals surface area contributed by atoms with Gasteiger partial charge >= 0.3 is 0 Å². The number of rotatable bonds is 7. The number of carbonyl (C=O) groups is 1. The van der Waals surface area contributed by atoms with Gasteiger partial charge in [0.1, 0.15) is 11.5 Å². The van der Waals surface area contributed by atoms with Crippen LogP contribution in [-0.2, 0) is 17.8 Å². The molecule has 114 valence electrons. The zero-order chi connectivity index (χ0) is 15.8. The minimum atomic E-state index is -0.0418. The van der Waals surface area contributed by atoms with E-state index >= 15 is 0 Å². The highest BCUT2D eigenvalue weighted by atomic mass is 16.5. The first kappa shape index (κ1) is 15.6. The lowest BCUT2D eigenvalue weighted by molar-refractivity contribution is -0.131. The number of nitriles is 1. The van der Waals surface area contributed by atoms with Crippen molar-refractivity contribution in [2.75, 3.05) is 13.7 Å². The van der Waals surface area contributed by atoms with E-state index in [4.69, 9.17) is 14.4 Å². The Morgan fingerprint density at radius 2 is 2.23 bits per heavy atom. The molecule has 1 amide bonds. The van der Waals surface area contributed by atoms with E-state index in [1.54, 1.807) is 24.3 Å². The van der Waals surface area contributed by atoms with Gasteiger partial charge in [0.2, 0.25) is 5.91 Å². The fraction of sp³-hybridized carbons (Fsp3) is 0.294. The monoisotopic (exact) mass is 298 g/mol. The average molecular weight is 298 g/mol. The van der Waals surface area contributed by atoms with E-state index in [2.05, 4.69) is 6.07 Å². The average Bonchev–Trinajstić information content (AvgIpc) is 3.04. The van der Waals surface area contributed by atoms with E-state index in [1.165, 1.54) is 0 Å². The summed E-state index contributed by atoms with van der Waals surface area (Å²) in [6.07, 6.45) is 2.14. The number of hydrogen-bond acceptors (Lipinski definition) is 4. The third-order valence-corrected chi connectivity index (χ3v) is 3.26. The van der Waals surface area contributed by atoms with Gasteiger partial charge in [0.25, 0.3) is 0 Å². The molecule has 0 saturated carbocycles. The first-order valence-corrected chi connectivity index (χ1v) is 7.03. The first-order valence-electron chi connectivity index (χ1n) is 7.03. The van der Waals surface area contributed by atoms with Crippen molar-refractivity contribution in [3.05, 3.63) is 54.0 Å². The van der Waals surface area contributed by atoms with Gasteiger partial charge in [-0.3, -0.25) is 4.79 Å². The predicted octanol–water partition coefficient (Wildman–Crippen LogP) is 2.77. The molecule has 0 atom stereocenters. The lowest BCUT2D eigenvalue weighted by Crippen LogP contribution is -2.32. The summed E-state index contributed by atoms with van der Waals surface area (Å²) in [6.45, 7) is 0.761. The molecule has 5 nitrogen and oxygen atoms in total. The molecule has 0 aliphatic carbocycles. The zero-order valence-electron chi connectivity index (χ0n) is 12.5. The molecule has 2 rings (SSSR count). The third-order valence-electron chi connectivity index (χ3n) is 3.26. The molecule has 22 heavy (non-hydrogen) atoms. The van der Waals surface area contributed by atoms with Gasteiger partial charge in [-0.1, -0.05) is 12.1 Å². The Morgan fingerprint density at radius 3 is 2.91 bits per heavy atom. The predicted molar refractivity (Wildman–Crippen MR) is 81.1 cm³/mol. The molecule has 0 radical (unpaired) electrons. The van der Waals surface area contributed by atoms with Crippen LogP contribution in [0.15, 0.2) is 47.1 Å². The Hall–Kier alpha value is -2.74. The van der Waals surface area contributed by atoms with E-state index < -0.39 is 0 Å². The van der Waals surface area contributed by atoms with Crippen LogP contribution in [0.2, 0.25) is 0 Å². The summed E-state index contributed by atoms with van der Waals surface area (Å²) in [5.41, 5.74) is 0.880. The van der Waals surface area contributed by atoms with Crippen LogP contribution in [0.4, 0.5) is 0 Å². The molecule has 1 aromatic heterocycles. The molecule has 2 aromatic rings. The lowest BCUT2D eigenvalue weighted by Gasteiger charge is -2.20. The van der Waals surface area contributed by atoms with Crippen LogP contribution < -0.4 is 4.74 Å². The molecule has 0 saturated heterocycles. The Bertz CT molecular complexity index is 644. The van der Waals surface area contributed by atoms with Gasteiger partial charge in [0.05, 0.1) is 38.8 Å². The number of benzene rings is 1. The van der Waals surface area contributed by atoms with Crippen LogP contribution in [0.1, 0.15) is 17.7 Å². The summed E-state index contributed by atoms with van der Waals surface area (Å²) in [6, 6.07) is 13.1. The molecule has 0 aliphatic heterocycles. The molecular weight excluding hydrogens is 280 g/mol. The number of methoxy groups -OCH3 is 1. The molecule has 0 unspecified atom stereocenters. The van der Waals surface area contributed by atoms with Gasteiger partial charge in [-0.25, -0.2) is 0 Å². The topological polar surface area (TPSA) is 66.5 Å². The summed E-state index contributed by atoms with van der Waals surface area (Å²) in [5.74, 6) is 1.39. The zero-order valence-corrected chi connectivity index (χ0v) is 12.5. The minimum absolute atomic E-state index is 0.0418. The summed E-state index contributed by atoms with van der Waals surface area (Å²) < 4.78 is 10.4. The molecule has 0 spiro atoms. The van der Waals surface area contributed by atoms with Crippen LogP contribution in [0, 0.1) is 11.3 Å². The second kappa shape index (κ2) is 7.89. The number of hydrogen-bond donors (Lipinski definition) is 0. The number of amides is 1. The third kappa shape index (κ3) is 4.38. The second-order valence-electron chi connectivity index (χ2n) is 4.83. The maximum Gasteiger partial charge on any atom is 0.227 e. The van der Waals surface area contributed by atoms with E-state index in [1.807, 2.05) is 30.3 Å². The molecule has 1 heterocycles. The number of carbonyl (C=O) groups excluding carboxylic acids is 1. The molecule has 5 heteroatoms. The Labute approximate surface area is 129 Å². The summed E-state index contributed by atoms with van der Waals surface area (Å²) in [7, 11) is 1.59. The van der Waals surface area contributed by atoms with E-state index in [9.17, 15) is 4.79 Å². The van der Waals surface area contributed by atoms with Gasteiger partial charge < -0.3 is 14.1 Å². The van der Waals surface area contributed by atoms with Gasteiger partial charge in [-0.2, -0.15) is 5.26 Å². The largest absolute Gasteiger partial charge is 0.497 e. The number of ether oxygens (including phenoxy) is 1. The van der Waals surface area contributed by atoms with E-state index in [0.717, 1.165) is 11.3 Å². The van der Waals surface area contributed by atoms with E-state index in [-0.39, 0.29) is 12.3 Å². The highest BCUT2D eigenvalue weighted by molar-refractivity contribution is 5.78. The molecule has 0 fully saturated rings. The van der Waals surface area contributed by atoms with Crippen LogP contribution in [0.3, 0.4) is 0 Å². The van der Waals surface area contributed by atoms with Crippen molar-refractivity contribution in [2.45, 2.75) is 19.4 Å². The van der Waals surface area contributed by atoms with Crippen LogP contribution in [-0.4, -0.2) is 24.5 Å². The maximum atomic E-state index is 12.5. The Kier molecular flexibility index (Phi) is 5.61.